The lowest BCUT2D eigenvalue weighted by molar-refractivity contribution is -1.02. The van der Waals surface area contributed by atoms with Crippen molar-refractivity contribution in [2.24, 2.45) is 17.6 Å². The van der Waals surface area contributed by atoms with Crippen LogP contribution in [0, 0.1) is 11.8 Å². The molecule has 0 saturated carbocycles. The van der Waals surface area contributed by atoms with Crippen LogP contribution in [-0.4, -0.2) is 83.5 Å². The summed E-state index contributed by atoms with van der Waals surface area (Å²) in [5.41, 5.74) is 11.1. The highest BCUT2D eigenvalue weighted by atomic mass is 16.4. The molecule has 2 atom stereocenters. The molecule has 7 nitrogen and oxygen atoms in total. The largest absolute Gasteiger partial charge is 0.481 e. The molecule has 3 heterocycles. The van der Waals surface area contributed by atoms with Crippen molar-refractivity contribution in [3.63, 3.8) is 0 Å². The second-order valence-electron chi connectivity index (χ2n) is 12.2. The molecule has 0 aliphatic carbocycles. The molecule has 3 aromatic carbocycles. The summed E-state index contributed by atoms with van der Waals surface area (Å²) in [5.74, 6) is -4.18. The molecule has 3 saturated heterocycles. The van der Waals surface area contributed by atoms with Gasteiger partial charge >= 0.3 is 11.9 Å². The number of rotatable bonds is 12. The zero-order valence-corrected chi connectivity index (χ0v) is 23.8. The maximum absolute atomic E-state index is 12.1. The van der Waals surface area contributed by atoms with E-state index in [9.17, 15) is 19.8 Å². The van der Waals surface area contributed by atoms with Crippen molar-refractivity contribution in [2.45, 2.75) is 25.8 Å². The SMILES string of the molecule is NCC[N+]12CCC[N+](Cc3ccc(-c4ccc(C[C@H](C(=O)O)[C@H](Cc5ccccc5)C(=O)O)cc4)cc3)(CC1)CC2. The van der Waals surface area contributed by atoms with E-state index < -0.39 is 23.8 Å². The van der Waals surface area contributed by atoms with Gasteiger partial charge in [0.25, 0.3) is 0 Å². The Morgan fingerprint density at radius 3 is 1.61 bits per heavy atom. The van der Waals surface area contributed by atoms with Crippen LogP contribution in [0.2, 0.25) is 0 Å². The zero-order chi connectivity index (χ0) is 28.9. The Kier molecular flexibility index (Phi) is 8.88. The van der Waals surface area contributed by atoms with Gasteiger partial charge in [0.1, 0.15) is 32.7 Å². The molecule has 4 N–H and O–H groups in total. The third-order valence-corrected chi connectivity index (χ3v) is 9.60. The molecular formula is C34H43N3O4+2. The van der Waals surface area contributed by atoms with Crippen LogP contribution in [0.3, 0.4) is 0 Å². The van der Waals surface area contributed by atoms with Crippen LogP contribution in [0.5, 0.6) is 0 Å². The van der Waals surface area contributed by atoms with E-state index in [2.05, 4.69) is 24.3 Å². The maximum atomic E-state index is 12.1. The Morgan fingerprint density at radius 1 is 0.634 bits per heavy atom. The van der Waals surface area contributed by atoms with E-state index in [-0.39, 0.29) is 12.8 Å². The fourth-order valence-electron chi connectivity index (χ4n) is 7.06. The first-order chi connectivity index (χ1) is 19.8. The van der Waals surface area contributed by atoms with Gasteiger partial charge in [0, 0.05) is 18.5 Å². The third kappa shape index (κ3) is 6.87. The van der Waals surface area contributed by atoms with Gasteiger partial charge in [-0.15, -0.1) is 0 Å². The third-order valence-electron chi connectivity index (χ3n) is 9.60. The summed E-state index contributed by atoms with van der Waals surface area (Å²) >= 11 is 0. The number of quaternary nitrogens is 2. The molecule has 3 aliphatic rings. The minimum absolute atomic E-state index is 0.170. The number of nitrogens with two attached hydrogens (primary N) is 1. The standard InChI is InChI=1S/C34H41N3O4/c35-15-18-36-16-4-17-37(21-19-36,22-20-36)25-28-9-13-30(14-10-28)29-11-7-27(8-12-29)24-32(34(40)41)31(33(38)39)23-26-5-2-1-3-6-26/h1-3,5-14,31-32H,4,15-25,35H2/p+2/t31-,32-,36?,37?/m0/s1. The van der Waals surface area contributed by atoms with Gasteiger partial charge in [-0.3, -0.25) is 9.59 Å². The van der Waals surface area contributed by atoms with Crippen molar-refractivity contribution >= 4 is 11.9 Å². The first-order valence-corrected chi connectivity index (χ1v) is 14.9. The van der Waals surface area contributed by atoms with E-state index in [4.69, 9.17) is 5.73 Å². The zero-order valence-electron chi connectivity index (χ0n) is 23.8. The summed E-state index contributed by atoms with van der Waals surface area (Å²) in [6.07, 6.45) is 1.63. The Hall–Kier alpha value is -3.52. The van der Waals surface area contributed by atoms with E-state index in [0.717, 1.165) is 41.9 Å². The van der Waals surface area contributed by atoms with Crippen LogP contribution in [0.4, 0.5) is 0 Å². The lowest BCUT2D eigenvalue weighted by atomic mass is 9.82. The number of hydrogen-bond donors (Lipinski definition) is 3. The summed E-state index contributed by atoms with van der Waals surface area (Å²) in [5, 5.41) is 19.8. The molecule has 7 heteroatoms. The van der Waals surface area contributed by atoms with E-state index >= 15 is 0 Å². The average molecular weight is 558 g/mol. The number of nitrogens with zero attached hydrogens (tertiary/aromatic N) is 2. The second-order valence-corrected chi connectivity index (χ2v) is 12.2. The Bertz CT molecular complexity index is 1320. The highest BCUT2D eigenvalue weighted by Crippen LogP contribution is 2.30. The van der Waals surface area contributed by atoms with Crippen molar-refractivity contribution in [3.8, 4) is 11.1 Å². The lowest BCUT2D eigenvalue weighted by Crippen LogP contribution is -2.64. The Labute approximate surface area is 243 Å². The van der Waals surface area contributed by atoms with Gasteiger partial charge in [-0.2, -0.15) is 0 Å². The topological polar surface area (TPSA) is 101 Å². The molecule has 216 valence electrons. The first kappa shape index (κ1) is 29.0. The first-order valence-electron chi connectivity index (χ1n) is 14.9. The maximum Gasteiger partial charge on any atom is 0.307 e. The molecule has 3 aromatic rings. The predicted octanol–water partition coefficient (Wildman–Crippen LogP) is 4.05. The monoisotopic (exact) mass is 557 g/mol. The smallest absolute Gasteiger partial charge is 0.307 e. The number of fused-ring (bicyclic) bond motifs is 4. The molecule has 0 spiro atoms. The highest BCUT2D eigenvalue weighted by Gasteiger charge is 2.45. The molecule has 3 fully saturated rings. The van der Waals surface area contributed by atoms with Crippen molar-refractivity contribution in [1.29, 1.82) is 0 Å². The second kappa shape index (κ2) is 12.6. The van der Waals surface area contributed by atoms with Crippen LogP contribution < -0.4 is 5.73 Å². The van der Waals surface area contributed by atoms with Gasteiger partial charge in [-0.1, -0.05) is 78.9 Å². The van der Waals surface area contributed by atoms with E-state index in [1.165, 1.54) is 60.2 Å². The summed E-state index contributed by atoms with van der Waals surface area (Å²) < 4.78 is 2.40. The summed E-state index contributed by atoms with van der Waals surface area (Å²) in [4.78, 5) is 24.2. The molecule has 0 aromatic heterocycles. The predicted molar refractivity (Wildman–Crippen MR) is 160 cm³/mol. The summed E-state index contributed by atoms with van der Waals surface area (Å²) in [6, 6.07) is 25.9. The minimum atomic E-state index is -1.08. The number of carboxylic acids is 2. The normalized spacial score (nSPS) is 23.4. The fraction of sp³-hybridized carbons (Fsp3) is 0.412. The van der Waals surface area contributed by atoms with Crippen LogP contribution in [0.15, 0.2) is 78.9 Å². The van der Waals surface area contributed by atoms with Crippen molar-refractivity contribution in [1.82, 2.24) is 0 Å². The van der Waals surface area contributed by atoms with Gasteiger partial charge in [0.2, 0.25) is 0 Å². The summed E-state index contributed by atoms with van der Waals surface area (Å²) in [7, 11) is 0. The number of carboxylic acid groups (broad SMARTS) is 2. The van der Waals surface area contributed by atoms with Gasteiger partial charge < -0.3 is 24.9 Å². The van der Waals surface area contributed by atoms with Gasteiger partial charge in [0.15, 0.2) is 0 Å². The quantitative estimate of drug-likeness (QED) is 0.292. The number of piperazine rings is 1. The number of carbonyl (C=O) groups is 2. The molecule has 6 rings (SSSR count). The van der Waals surface area contributed by atoms with E-state index in [1.54, 1.807) is 0 Å². The Morgan fingerprint density at radius 2 is 1.10 bits per heavy atom. The average Bonchev–Trinajstić information content (AvgIpc) is 3.26. The van der Waals surface area contributed by atoms with Gasteiger partial charge in [-0.05, 0) is 35.1 Å². The van der Waals surface area contributed by atoms with Crippen LogP contribution in [0.25, 0.3) is 11.1 Å². The minimum Gasteiger partial charge on any atom is -0.481 e. The van der Waals surface area contributed by atoms with Gasteiger partial charge in [-0.25, -0.2) is 0 Å². The molecule has 2 bridgehead atoms. The van der Waals surface area contributed by atoms with Crippen molar-refractivity contribution in [3.05, 3.63) is 95.6 Å². The van der Waals surface area contributed by atoms with Crippen molar-refractivity contribution in [2.75, 3.05) is 52.4 Å². The molecule has 0 unspecified atom stereocenters. The summed E-state index contributed by atoms with van der Waals surface area (Å²) in [6.45, 7) is 10.4. The van der Waals surface area contributed by atoms with Crippen LogP contribution >= 0.6 is 0 Å². The number of aliphatic carboxylic acids is 2. The molecule has 0 radical (unpaired) electrons. The van der Waals surface area contributed by atoms with Crippen molar-refractivity contribution < 1.29 is 28.8 Å². The van der Waals surface area contributed by atoms with Crippen LogP contribution in [0.1, 0.15) is 23.1 Å². The Balaban J connectivity index is 1.23. The van der Waals surface area contributed by atoms with Gasteiger partial charge in [0.05, 0.1) is 31.5 Å². The molecule has 0 amide bonds. The van der Waals surface area contributed by atoms with E-state index in [0.29, 0.717) is 0 Å². The highest BCUT2D eigenvalue weighted by molar-refractivity contribution is 5.80. The fourth-order valence-corrected chi connectivity index (χ4v) is 7.06. The molecule has 41 heavy (non-hydrogen) atoms. The van der Waals surface area contributed by atoms with Crippen LogP contribution in [-0.2, 0) is 29.0 Å². The molecule has 3 aliphatic heterocycles. The molecular weight excluding hydrogens is 514 g/mol. The lowest BCUT2D eigenvalue weighted by Gasteiger charge is -2.46. The number of hydrogen-bond acceptors (Lipinski definition) is 3. The van der Waals surface area contributed by atoms with E-state index in [1.807, 2.05) is 54.6 Å². The number of benzene rings is 3.